The lowest BCUT2D eigenvalue weighted by atomic mass is 9.74. The number of nitrogens with zero attached hydrogens (tertiary/aromatic N) is 1. The zero-order chi connectivity index (χ0) is 18.1. The van der Waals surface area contributed by atoms with E-state index >= 15 is 0 Å². The van der Waals surface area contributed by atoms with Crippen molar-refractivity contribution in [2.45, 2.75) is 38.1 Å². The second-order valence-electron chi connectivity index (χ2n) is 7.19. The number of carbonyl (C=O) groups is 1. The summed E-state index contributed by atoms with van der Waals surface area (Å²) in [6.07, 6.45) is 3.85. The van der Waals surface area contributed by atoms with Crippen molar-refractivity contribution in [3.05, 3.63) is 23.6 Å². The molecule has 1 aromatic carbocycles. The zero-order valence-electron chi connectivity index (χ0n) is 14.8. The Balaban J connectivity index is 1.49. The molecule has 138 valence electrons. The molecule has 1 aliphatic carbocycles. The Hall–Kier alpha value is -2.12. The van der Waals surface area contributed by atoms with Gasteiger partial charge in [0.05, 0.1) is 11.6 Å². The first kappa shape index (κ1) is 17.3. The Morgan fingerprint density at radius 2 is 2.12 bits per heavy atom. The predicted molar refractivity (Wildman–Crippen MR) is 102 cm³/mol. The topological polar surface area (TPSA) is 86.5 Å². The second-order valence-corrected chi connectivity index (χ2v) is 8.05. The van der Waals surface area contributed by atoms with Crippen LogP contribution in [0, 0.1) is 5.92 Å². The minimum Gasteiger partial charge on any atom is -0.486 e. The molecule has 2 atom stereocenters. The minimum absolute atomic E-state index is 0.0298. The lowest BCUT2D eigenvalue weighted by Crippen LogP contribution is -2.51. The normalized spacial score (nSPS) is 24.9. The van der Waals surface area contributed by atoms with Crippen molar-refractivity contribution in [1.82, 2.24) is 4.98 Å². The third kappa shape index (κ3) is 3.41. The van der Waals surface area contributed by atoms with Gasteiger partial charge in [0, 0.05) is 16.5 Å². The molecule has 1 aromatic heterocycles. The molecule has 0 spiro atoms. The van der Waals surface area contributed by atoms with Crippen LogP contribution >= 0.6 is 11.3 Å². The van der Waals surface area contributed by atoms with Gasteiger partial charge in [0.1, 0.15) is 13.2 Å². The van der Waals surface area contributed by atoms with Crippen LogP contribution in [0.4, 0.5) is 5.13 Å². The molecule has 2 aromatic rings. The number of fused-ring (bicyclic) bond motifs is 1. The summed E-state index contributed by atoms with van der Waals surface area (Å²) in [6.45, 7) is 3.09. The van der Waals surface area contributed by atoms with E-state index in [1.165, 1.54) is 11.3 Å². The fourth-order valence-corrected chi connectivity index (χ4v) is 4.37. The molecule has 26 heavy (non-hydrogen) atoms. The van der Waals surface area contributed by atoms with E-state index in [0.29, 0.717) is 18.3 Å². The molecule has 0 radical (unpaired) electrons. The first-order chi connectivity index (χ1) is 12.5. The van der Waals surface area contributed by atoms with E-state index in [1.807, 2.05) is 30.5 Å². The predicted octanol–water partition coefficient (Wildman–Crippen LogP) is 3.43. The summed E-state index contributed by atoms with van der Waals surface area (Å²) in [5, 5.41) is 5.48. The summed E-state index contributed by atoms with van der Waals surface area (Å²) < 4.78 is 11.2. The Bertz CT molecular complexity index is 818. The fraction of sp³-hybridized carbons (Fsp3) is 0.474. The number of ether oxygens (including phenoxy) is 2. The monoisotopic (exact) mass is 373 g/mol. The molecule has 3 N–H and O–H groups in total. The number of hydrogen-bond donors (Lipinski definition) is 2. The molecule has 2 heterocycles. The van der Waals surface area contributed by atoms with Crippen LogP contribution in [-0.4, -0.2) is 29.6 Å². The molecule has 2 aliphatic rings. The van der Waals surface area contributed by atoms with Crippen LogP contribution in [0.15, 0.2) is 23.6 Å². The summed E-state index contributed by atoms with van der Waals surface area (Å²) in [5.41, 5.74) is 7.63. The SMILES string of the molecule is CC1(N)CCCCC1C(=O)Nc1nc(-c2ccc3c(c2)OCCO3)cs1. The fourth-order valence-electron chi connectivity index (χ4n) is 3.65. The van der Waals surface area contributed by atoms with Gasteiger partial charge in [0.2, 0.25) is 5.91 Å². The van der Waals surface area contributed by atoms with Gasteiger partial charge < -0.3 is 20.5 Å². The lowest BCUT2D eigenvalue weighted by Gasteiger charge is -2.36. The van der Waals surface area contributed by atoms with E-state index in [2.05, 4.69) is 10.3 Å². The van der Waals surface area contributed by atoms with E-state index in [1.54, 1.807) is 0 Å². The van der Waals surface area contributed by atoms with Crippen molar-refractivity contribution in [2.75, 3.05) is 18.5 Å². The van der Waals surface area contributed by atoms with Crippen molar-refractivity contribution in [3.8, 4) is 22.8 Å². The first-order valence-electron chi connectivity index (χ1n) is 8.98. The summed E-state index contributed by atoms with van der Waals surface area (Å²) in [4.78, 5) is 17.2. The maximum Gasteiger partial charge on any atom is 0.231 e. The third-order valence-corrected chi connectivity index (χ3v) is 5.90. The Labute approximate surface area is 156 Å². The average Bonchev–Trinajstić information content (AvgIpc) is 3.09. The van der Waals surface area contributed by atoms with E-state index < -0.39 is 5.54 Å². The van der Waals surface area contributed by atoms with Crippen molar-refractivity contribution in [2.24, 2.45) is 11.7 Å². The van der Waals surface area contributed by atoms with Gasteiger partial charge in [-0.25, -0.2) is 4.98 Å². The smallest absolute Gasteiger partial charge is 0.231 e. The van der Waals surface area contributed by atoms with Gasteiger partial charge in [-0.15, -0.1) is 11.3 Å². The minimum atomic E-state index is -0.446. The number of carbonyl (C=O) groups excluding carboxylic acids is 1. The number of nitrogens with one attached hydrogen (secondary N) is 1. The maximum atomic E-state index is 12.7. The highest BCUT2D eigenvalue weighted by Crippen LogP contribution is 2.36. The maximum absolute atomic E-state index is 12.7. The number of rotatable bonds is 3. The summed E-state index contributed by atoms with van der Waals surface area (Å²) in [7, 11) is 0. The second kappa shape index (κ2) is 6.89. The van der Waals surface area contributed by atoms with Crippen molar-refractivity contribution < 1.29 is 14.3 Å². The summed E-state index contributed by atoms with van der Waals surface area (Å²) >= 11 is 1.42. The molecule has 1 amide bonds. The molecule has 1 saturated carbocycles. The van der Waals surface area contributed by atoms with Crippen molar-refractivity contribution >= 4 is 22.4 Å². The van der Waals surface area contributed by atoms with Gasteiger partial charge in [0.25, 0.3) is 0 Å². The van der Waals surface area contributed by atoms with Crippen LogP contribution in [0.3, 0.4) is 0 Å². The molecular formula is C19H23N3O3S. The number of aromatic nitrogens is 1. The molecule has 1 aliphatic heterocycles. The Morgan fingerprint density at radius 3 is 2.92 bits per heavy atom. The van der Waals surface area contributed by atoms with Crippen LogP contribution in [0.25, 0.3) is 11.3 Å². The molecule has 0 bridgehead atoms. The molecular weight excluding hydrogens is 350 g/mol. The van der Waals surface area contributed by atoms with E-state index in [4.69, 9.17) is 15.2 Å². The number of amides is 1. The van der Waals surface area contributed by atoms with E-state index in [9.17, 15) is 4.79 Å². The van der Waals surface area contributed by atoms with Gasteiger partial charge in [-0.2, -0.15) is 0 Å². The van der Waals surface area contributed by atoms with Gasteiger partial charge in [0.15, 0.2) is 16.6 Å². The Kier molecular flexibility index (Phi) is 4.58. The van der Waals surface area contributed by atoms with Crippen LogP contribution in [0.5, 0.6) is 11.5 Å². The number of hydrogen-bond acceptors (Lipinski definition) is 6. The van der Waals surface area contributed by atoms with E-state index in [-0.39, 0.29) is 11.8 Å². The van der Waals surface area contributed by atoms with Gasteiger partial charge in [-0.3, -0.25) is 4.79 Å². The molecule has 4 rings (SSSR count). The average molecular weight is 373 g/mol. The quantitative estimate of drug-likeness (QED) is 0.861. The highest BCUT2D eigenvalue weighted by Gasteiger charge is 2.38. The molecule has 2 unspecified atom stereocenters. The van der Waals surface area contributed by atoms with E-state index in [0.717, 1.165) is 48.4 Å². The van der Waals surface area contributed by atoms with Gasteiger partial charge in [-0.05, 0) is 38.0 Å². The zero-order valence-corrected chi connectivity index (χ0v) is 15.6. The van der Waals surface area contributed by atoms with Gasteiger partial charge >= 0.3 is 0 Å². The van der Waals surface area contributed by atoms with Crippen LogP contribution < -0.4 is 20.5 Å². The standard InChI is InChI=1S/C19H23N3O3S/c1-19(20)7-3-2-4-13(19)17(23)22-18-21-14(11-26-18)12-5-6-15-16(10-12)25-9-8-24-15/h5-6,10-11,13H,2-4,7-9,20H2,1H3,(H,21,22,23). The van der Waals surface area contributed by atoms with Crippen molar-refractivity contribution in [3.63, 3.8) is 0 Å². The lowest BCUT2D eigenvalue weighted by molar-refractivity contribution is -0.122. The highest BCUT2D eigenvalue weighted by molar-refractivity contribution is 7.14. The van der Waals surface area contributed by atoms with Crippen LogP contribution in [-0.2, 0) is 4.79 Å². The number of nitrogens with two attached hydrogens (primary N) is 1. The Morgan fingerprint density at radius 1 is 1.31 bits per heavy atom. The molecule has 7 heteroatoms. The van der Waals surface area contributed by atoms with Crippen LogP contribution in [0.1, 0.15) is 32.6 Å². The summed E-state index contributed by atoms with van der Waals surface area (Å²) in [6, 6.07) is 5.77. The molecule has 0 saturated heterocycles. The first-order valence-corrected chi connectivity index (χ1v) is 9.86. The molecule has 6 nitrogen and oxygen atoms in total. The third-order valence-electron chi connectivity index (χ3n) is 5.14. The number of anilines is 1. The van der Waals surface area contributed by atoms with Crippen LogP contribution in [0.2, 0.25) is 0 Å². The molecule has 1 fully saturated rings. The summed E-state index contributed by atoms with van der Waals surface area (Å²) in [5.74, 6) is 1.28. The van der Waals surface area contributed by atoms with Gasteiger partial charge in [-0.1, -0.05) is 12.8 Å². The highest BCUT2D eigenvalue weighted by atomic mass is 32.1. The number of thiazole rings is 1. The van der Waals surface area contributed by atoms with Crippen molar-refractivity contribution in [1.29, 1.82) is 0 Å². The largest absolute Gasteiger partial charge is 0.486 e. The number of benzene rings is 1.